The average molecular weight is 244 g/mol. The summed E-state index contributed by atoms with van der Waals surface area (Å²) in [6, 6.07) is 8.20. The van der Waals surface area contributed by atoms with E-state index in [2.05, 4.69) is 16.1 Å². The van der Waals surface area contributed by atoms with E-state index >= 15 is 0 Å². The largest absolute Gasteiger partial charge is 0.493 e. The molecule has 18 heavy (non-hydrogen) atoms. The smallest absolute Gasteiger partial charge is 0.164 e. The highest BCUT2D eigenvalue weighted by Gasteiger charge is 2.21. The Morgan fingerprint density at radius 1 is 1.39 bits per heavy atom. The normalized spacial score (nSPS) is 18.2. The van der Waals surface area contributed by atoms with Crippen LogP contribution < -0.4 is 10.5 Å². The van der Waals surface area contributed by atoms with Gasteiger partial charge in [-0.15, -0.1) is 0 Å². The van der Waals surface area contributed by atoms with Crippen molar-refractivity contribution >= 4 is 0 Å². The Hall–Kier alpha value is -1.88. The van der Waals surface area contributed by atoms with E-state index in [1.165, 1.54) is 5.56 Å². The Kier molecular flexibility index (Phi) is 2.98. The number of fused-ring (bicyclic) bond motifs is 1. The topological polar surface area (TPSA) is 66.0 Å². The number of nitrogens with zero attached hydrogens (tertiary/aromatic N) is 3. The molecule has 0 fully saturated rings. The Labute approximate surface area is 106 Å². The van der Waals surface area contributed by atoms with Crippen LogP contribution in [-0.2, 0) is 13.1 Å². The molecule has 1 aromatic heterocycles. The first-order chi connectivity index (χ1) is 8.86. The van der Waals surface area contributed by atoms with Crippen LogP contribution >= 0.6 is 0 Å². The summed E-state index contributed by atoms with van der Waals surface area (Å²) in [5.41, 5.74) is 6.77. The van der Waals surface area contributed by atoms with Crippen LogP contribution in [0.3, 0.4) is 0 Å². The van der Waals surface area contributed by atoms with Gasteiger partial charge in [-0.2, -0.15) is 5.10 Å². The van der Waals surface area contributed by atoms with E-state index in [4.69, 9.17) is 10.5 Å². The van der Waals surface area contributed by atoms with Gasteiger partial charge in [0.05, 0.1) is 13.2 Å². The lowest BCUT2D eigenvalue weighted by Crippen LogP contribution is -2.19. The molecular weight excluding hydrogens is 228 g/mol. The average Bonchev–Trinajstić information content (AvgIpc) is 2.87. The zero-order chi connectivity index (χ0) is 12.4. The standard InChI is InChI=1S/C13H16N4O/c14-7-13-15-9-17(16-13)8-10-5-6-18-12-4-2-1-3-11(10)12/h1-4,9-10H,5-8,14H2. The van der Waals surface area contributed by atoms with E-state index in [9.17, 15) is 0 Å². The summed E-state index contributed by atoms with van der Waals surface area (Å²) >= 11 is 0. The van der Waals surface area contributed by atoms with E-state index in [-0.39, 0.29) is 0 Å². The van der Waals surface area contributed by atoms with Crippen LogP contribution in [0.5, 0.6) is 5.75 Å². The summed E-state index contributed by atoms with van der Waals surface area (Å²) in [7, 11) is 0. The summed E-state index contributed by atoms with van der Waals surface area (Å²) in [5.74, 6) is 2.12. The van der Waals surface area contributed by atoms with Crippen molar-refractivity contribution in [2.75, 3.05) is 6.61 Å². The molecule has 0 aliphatic carbocycles. The lowest BCUT2D eigenvalue weighted by atomic mass is 9.93. The Morgan fingerprint density at radius 3 is 3.11 bits per heavy atom. The van der Waals surface area contributed by atoms with Crippen LogP contribution in [-0.4, -0.2) is 21.4 Å². The van der Waals surface area contributed by atoms with Crippen molar-refractivity contribution in [2.45, 2.75) is 25.4 Å². The summed E-state index contributed by atoms with van der Waals surface area (Å²) in [4.78, 5) is 4.15. The van der Waals surface area contributed by atoms with E-state index in [1.807, 2.05) is 22.9 Å². The molecule has 5 heteroatoms. The molecule has 94 valence electrons. The van der Waals surface area contributed by atoms with Gasteiger partial charge in [0.25, 0.3) is 0 Å². The molecule has 2 N–H and O–H groups in total. The molecule has 0 amide bonds. The Balaban J connectivity index is 1.81. The number of para-hydroxylation sites is 1. The maximum Gasteiger partial charge on any atom is 0.164 e. The van der Waals surface area contributed by atoms with E-state index < -0.39 is 0 Å². The monoisotopic (exact) mass is 244 g/mol. The van der Waals surface area contributed by atoms with Crippen molar-refractivity contribution in [1.29, 1.82) is 0 Å². The zero-order valence-electron chi connectivity index (χ0n) is 10.1. The number of hydrogen-bond acceptors (Lipinski definition) is 4. The lowest BCUT2D eigenvalue weighted by molar-refractivity contribution is 0.256. The molecule has 0 spiro atoms. The van der Waals surface area contributed by atoms with Crippen molar-refractivity contribution in [2.24, 2.45) is 5.73 Å². The SMILES string of the molecule is NCc1ncn(CC2CCOc3ccccc32)n1. The fourth-order valence-electron chi connectivity index (χ4n) is 2.35. The van der Waals surface area contributed by atoms with Crippen LogP contribution in [0.15, 0.2) is 30.6 Å². The lowest BCUT2D eigenvalue weighted by Gasteiger charge is -2.25. The van der Waals surface area contributed by atoms with Crippen LogP contribution in [0.1, 0.15) is 23.7 Å². The predicted molar refractivity (Wildman–Crippen MR) is 67.2 cm³/mol. The zero-order valence-corrected chi connectivity index (χ0v) is 10.1. The van der Waals surface area contributed by atoms with Gasteiger partial charge in [0.2, 0.25) is 0 Å². The molecule has 3 rings (SSSR count). The summed E-state index contributed by atoms with van der Waals surface area (Å²) < 4.78 is 7.52. The van der Waals surface area contributed by atoms with Gasteiger partial charge in [-0.3, -0.25) is 4.68 Å². The van der Waals surface area contributed by atoms with Gasteiger partial charge in [0, 0.05) is 12.5 Å². The van der Waals surface area contributed by atoms with Gasteiger partial charge in [-0.25, -0.2) is 4.98 Å². The number of nitrogens with two attached hydrogens (primary N) is 1. The molecule has 0 saturated heterocycles. The maximum atomic E-state index is 5.65. The second-order valence-electron chi connectivity index (χ2n) is 4.46. The summed E-state index contributed by atoms with van der Waals surface area (Å²) in [5, 5.41) is 4.34. The molecule has 0 saturated carbocycles. The molecule has 1 aliphatic rings. The van der Waals surface area contributed by atoms with Crippen LogP contribution in [0, 0.1) is 0 Å². The Morgan fingerprint density at radius 2 is 2.28 bits per heavy atom. The third kappa shape index (κ3) is 2.09. The third-order valence-electron chi connectivity index (χ3n) is 3.26. The van der Waals surface area contributed by atoms with Gasteiger partial charge in [0.15, 0.2) is 5.82 Å². The van der Waals surface area contributed by atoms with Gasteiger partial charge in [-0.1, -0.05) is 18.2 Å². The second kappa shape index (κ2) is 4.78. The highest BCUT2D eigenvalue weighted by molar-refractivity contribution is 5.37. The molecule has 1 aromatic carbocycles. The molecule has 1 unspecified atom stereocenters. The molecule has 2 aromatic rings. The molecule has 0 bridgehead atoms. The van der Waals surface area contributed by atoms with Crippen molar-refractivity contribution in [3.63, 3.8) is 0 Å². The minimum atomic E-state index is 0.386. The highest BCUT2D eigenvalue weighted by atomic mass is 16.5. The minimum absolute atomic E-state index is 0.386. The van der Waals surface area contributed by atoms with Crippen molar-refractivity contribution in [1.82, 2.24) is 14.8 Å². The van der Waals surface area contributed by atoms with Gasteiger partial charge < -0.3 is 10.5 Å². The van der Waals surface area contributed by atoms with Crippen molar-refractivity contribution in [3.05, 3.63) is 42.0 Å². The van der Waals surface area contributed by atoms with Gasteiger partial charge in [0.1, 0.15) is 12.1 Å². The fourth-order valence-corrected chi connectivity index (χ4v) is 2.35. The van der Waals surface area contributed by atoms with E-state index in [0.29, 0.717) is 18.3 Å². The van der Waals surface area contributed by atoms with Crippen LogP contribution in [0.4, 0.5) is 0 Å². The number of benzene rings is 1. The number of aromatic nitrogens is 3. The first kappa shape index (κ1) is 11.2. The second-order valence-corrected chi connectivity index (χ2v) is 4.46. The number of hydrogen-bond donors (Lipinski definition) is 1. The molecule has 2 heterocycles. The Bertz CT molecular complexity index is 537. The first-order valence-corrected chi connectivity index (χ1v) is 6.17. The van der Waals surface area contributed by atoms with Crippen LogP contribution in [0.2, 0.25) is 0 Å². The summed E-state index contributed by atoms with van der Waals surface area (Å²) in [6.07, 6.45) is 2.76. The fraction of sp³-hybridized carbons (Fsp3) is 0.385. The molecule has 0 radical (unpaired) electrons. The highest BCUT2D eigenvalue weighted by Crippen LogP contribution is 2.34. The molecule has 1 atom stereocenters. The molecular formula is C13H16N4O. The van der Waals surface area contributed by atoms with Gasteiger partial charge in [-0.05, 0) is 18.1 Å². The quantitative estimate of drug-likeness (QED) is 0.884. The molecule has 5 nitrogen and oxygen atoms in total. The van der Waals surface area contributed by atoms with Crippen molar-refractivity contribution < 1.29 is 4.74 Å². The van der Waals surface area contributed by atoms with Gasteiger partial charge >= 0.3 is 0 Å². The van der Waals surface area contributed by atoms with Crippen molar-refractivity contribution in [3.8, 4) is 5.75 Å². The van der Waals surface area contributed by atoms with E-state index in [0.717, 1.165) is 25.3 Å². The number of ether oxygens (including phenoxy) is 1. The third-order valence-corrected chi connectivity index (χ3v) is 3.26. The maximum absolute atomic E-state index is 5.65. The van der Waals surface area contributed by atoms with Crippen LogP contribution in [0.25, 0.3) is 0 Å². The minimum Gasteiger partial charge on any atom is -0.493 e. The molecule has 1 aliphatic heterocycles. The number of rotatable bonds is 3. The predicted octanol–water partition coefficient (Wildman–Crippen LogP) is 1.30. The van der Waals surface area contributed by atoms with E-state index in [1.54, 1.807) is 6.33 Å². The first-order valence-electron chi connectivity index (χ1n) is 6.17. The summed E-state index contributed by atoms with van der Waals surface area (Å²) in [6.45, 7) is 1.98.